The molecule has 0 spiro atoms. The number of carbonyl (C=O) groups excluding carboxylic acids is 1. The summed E-state index contributed by atoms with van der Waals surface area (Å²) in [5, 5.41) is 0.743. The summed E-state index contributed by atoms with van der Waals surface area (Å²) in [6.07, 6.45) is 8.45. The zero-order chi connectivity index (χ0) is 16.7. The van der Waals surface area contributed by atoms with Crippen molar-refractivity contribution >= 4 is 27.5 Å². The topological polar surface area (TPSA) is 55.2 Å². The molecule has 0 N–H and O–H groups in total. The molecule has 1 amide bonds. The van der Waals surface area contributed by atoms with Gasteiger partial charge in [-0.25, -0.2) is 4.98 Å². The molecule has 2 aromatic heterocycles. The van der Waals surface area contributed by atoms with Crippen molar-refractivity contribution in [2.75, 3.05) is 6.54 Å². The molecule has 5 nitrogen and oxygen atoms in total. The Morgan fingerprint density at radius 1 is 1.42 bits per heavy atom. The average molecular weight is 343 g/mol. The molecule has 126 valence electrons. The second kappa shape index (κ2) is 6.16. The summed E-state index contributed by atoms with van der Waals surface area (Å²) in [6, 6.07) is 0. The van der Waals surface area contributed by atoms with Crippen molar-refractivity contribution < 1.29 is 4.79 Å². The highest BCUT2D eigenvalue weighted by Gasteiger charge is 2.31. The first-order chi connectivity index (χ1) is 11.7. The van der Waals surface area contributed by atoms with Gasteiger partial charge < -0.3 is 4.90 Å². The van der Waals surface area contributed by atoms with Crippen LogP contribution in [0.4, 0.5) is 0 Å². The molecule has 1 fully saturated rings. The maximum absolute atomic E-state index is 12.7. The van der Waals surface area contributed by atoms with E-state index in [-0.39, 0.29) is 11.5 Å². The van der Waals surface area contributed by atoms with Crippen molar-refractivity contribution in [2.24, 2.45) is 5.92 Å². The number of rotatable bonds is 3. The van der Waals surface area contributed by atoms with Gasteiger partial charge in [-0.3, -0.25) is 14.2 Å². The highest BCUT2D eigenvalue weighted by molar-refractivity contribution is 7.18. The molecule has 1 aliphatic carbocycles. The third-order valence-electron chi connectivity index (χ3n) is 5.17. The molecular formula is C18H21N3O2S. The van der Waals surface area contributed by atoms with Crippen LogP contribution in [0.5, 0.6) is 0 Å². The fourth-order valence-electron chi connectivity index (χ4n) is 3.91. The van der Waals surface area contributed by atoms with Crippen molar-refractivity contribution in [1.29, 1.82) is 0 Å². The van der Waals surface area contributed by atoms with Gasteiger partial charge in [-0.05, 0) is 24.8 Å². The van der Waals surface area contributed by atoms with E-state index in [1.165, 1.54) is 12.8 Å². The number of hydrogen-bond donors (Lipinski definition) is 0. The van der Waals surface area contributed by atoms with Gasteiger partial charge in [-0.1, -0.05) is 18.9 Å². The normalized spacial score (nSPS) is 18.1. The summed E-state index contributed by atoms with van der Waals surface area (Å²) in [4.78, 5) is 33.7. The Morgan fingerprint density at radius 3 is 2.96 bits per heavy atom. The second-order valence-electron chi connectivity index (χ2n) is 6.67. The molecule has 0 unspecified atom stereocenters. The van der Waals surface area contributed by atoms with Gasteiger partial charge in [-0.2, -0.15) is 0 Å². The number of thiophene rings is 1. The SMILES string of the molecule is C=CCn1cnc2sc3c(c2c1=O)CCN(C(=O)C1CCCC1)C3. The van der Waals surface area contributed by atoms with Gasteiger partial charge in [-0.15, -0.1) is 17.9 Å². The van der Waals surface area contributed by atoms with Crippen LogP contribution >= 0.6 is 11.3 Å². The summed E-state index contributed by atoms with van der Waals surface area (Å²) >= 11 is 1.56. The van der Waals surface area contributed by atoms with Crippen LogP contribution in [0.25, 0.3) is 10.2 Å². The average Bonchev–Trinajstić information content (AvgIpc) is 3.23. The molecule has 0 atom stereocenters. The number of carbonyl (C=O) groups is 1. The van der Waals surface area contributed by atoms with Crippen molar-refractivity contribution in [3.63, 3.8) is 0 Å². The van der Waals surface area contributed by atoms with E-state index in [1.807, 2.05) is 4.90 Å². The molecular weight excluding hydrogens is 322 g/mol. The Morgan fingerprint density at radius 2 is 2.21 bits per heavy atom. The van der Waals surface area contributed by atoms with E-state index in [0.717, 1.165) is 39.9 Å². The van der Waals surface area contributed by atoms with Crippen LogP contribution in [-0.4, -0.2) is 26.9 Å². The van der Waals surface area contributed by atoms with E-state index in [1.54, 1.807) is 28.3 Å². The Hall–Kier alpha value is -1.95. The van der Waals surface area contributed by atoms with Crippen LogP contribution in [0, 0.1) is 5.92 Å². The van der Waals surface area contributed by atoms with Crippen molar-refractivity contribution in [1.82, 2.24) is 14.5 Å². The Kier molecular flexibility index (Phi) is 4.00. The first kappa shape index (κ1) is 15.6. The summed E-state index contributed by atoms with van der Waals surface area (Å²) in [5.41, 5.74) is 1.11. The van der Waals surface area contributed by atoms with Gasteiger partial charge in [0.05, 0.1) is 18.3 Å². The van der Waals surface area contributed by atoms with Crippen molar-refractivity contribution in [2.45, 2.75) is 45.2 Å². The minimum absolute atomic E-state index is 0.00738. The minimum Gasteiger partial charge on any atom is -0.337 e. The number of amides is 1. The highest BCUT2D eigenvalue weighted by atomic mass is 32.1. The predicted octanol–water partition coefficient (Wildman–Crippen LogP) is 2.72. The van der Waals surface area contributed by atoms with Crippen LogP contribution in [0.15, 0.2) is 23.8 Å². The van der Waals surface area contributed by atoms with Crippen LogP contribution in [0.1, 0.15) is 36.1 Å². The van der Waals surface area contributed by atoms with Gasteiger partial charge >= 0.3 is 0 Å². The lowest BCUT2D eigenvalue weighted by molar-refractivity contribution is -0.136. The van der Waals surface area contributed by atoms with Gasteiger partial charge in [0.15, 0.2) is 0 Å². The molecule has 3 heterocycles. The third-order valence-corrected chi connectivity index (χ3v) is 6.29. The van der Waals surface area contributed by atoms with Gasteiger partial charge in [0, 0.05) is 23.9 Å². The molecule has 0 bridgehead atoms. The van der Waals surface area contributed by atoms with Gasteiger partial charge in [0.2, 0.25) is 5.91 Å². The van der Waals surface area contributed by atoms with Crippen molar-refractivity contribution in [3.05, 3.63) is 39.8 Å². The van der Waals surface area contributed by atoms with Crippen molar-refractivity contribution in [3.8, 4) is 0 Å². The molecule has 1 saturated carbocycles. The maximum Gasteiger partial charge on any atom is 0.262 e. The molecule has 24 heavy (non-hydrogen) atoms. The predicted molar refractivity (Wildman–Crippen MR) is 95.2 cm³/mol. The maximum atomic E-state index is 12.7. The monoisotopic (exact) mass is 343 g/mol. The van der Waals surface area contributed by atoms with E-state index in [9.17, 15) is 9.59 Å². The lowest BCUT2D eigenvalue weighted by Gasteiger charge is -2.29. The van der Waals surface area contributed by atoms with Gasteiger partial charge in [0.25, 0.3) is 5.56 Å². The van der Waals surface area contributed by atoms with Crippen LogP contribution in [-0.2, 0) is 24.3 Å². The molecule has 0 radical (unpaired) electrons. The number of aromatic nitrogens is 2. The lowest BCUT2D eigenvalue weighted by Crippen LogP contribution is -2.38. The zero-order valence-corrected chi connectivity index (χ0v) is 14.5. The van der Waals surface area contributed by atoms with E-state index < -0.39 is 0 Å². The lowest BCUT2D eigenvalue weighted by atomic mass is 10.0. The Balaban J connectivity index is 1.67. The first-order valence-corrected chi connectivity index (χ1v) is 9.40. The second-order valence-corrected chi connectivity index (χ2v) is 7.75. The molecule has 2 aliphatic rings. The Labute approximate surface area is 144 Å². The minimum atomic E-state index is 0.00738. The molecule has 0 aromatic carbocycles. The summed E-state index contributed by atoms with van der Waals surface area (Å²) in [6.45, 7) is 5.50. The standard InChI is InChI=1S/C18H21N3O2S/c1-2-8-21-11-19-16-15(18(21)23)13-7-9-20(10-14(13)24-16)17(22)12-5-3-4-6-12/h2,11-12H,1,3-10H2. The quantitative estimate of drug-likeness (QED) is 0.805. The highest BCUT2D eigenvalue weighted by Crippen LogP contribution is 2.34. The largest absolute Gasteiger partial charge is 0.337 e. The number of allylic oxidation sites excluding steroid dienone is 1. The number of nitrogens with zero attached hydrogens (tertiary/aromatic N) is 3. The fourth-order valence-corrected chi connectivity index (χ4v) is 5.10. The summed E-state index contributed by atoms with van der Waals surface area (Å²) in [7, 11) is 0. The first-order valence-electron chi connectivity index (χ1n) is 8.58. The number of hydrogen-bond acceptors (Lipinski definition) is 4. The summed E-state index contributed by atoms with van der Waals surface area (Å²) < 4.78 is 1.60. The molecule has 2 aromatic rings. The molecule has 0 saturated heterocycles. The van der Waals surface area contributed by atoms with Crippen LogP contribution in [0.3, 0.4) is 0 Å². The Bertz CT molecular complexity index is 861. The van der Waals surface area contributed by atoms with E-state index in [2.05, 4.69) is 11.6 Å². The van der Waals surface area contributed by atoms with Crippen LogP contribution in [0.2, 0.25) is 0 Å². The molecule has 4 rings (SSSR count). The zero-order valence-electron chi connectivity index (χ0n) is 13.7. The van der Waals surface area contributed by atoms with Gasteiger partial charge in [0.1, 0.15) is 4.83 Å². The van der Waals surface area contributed by atoms with E-state index in [0.29, 0.717) is 25.5 Å². The summed E-state index contributed by atoms with van der Waals surface area (Å²) in [5.74, 6) is 0.511. The molecule has 6 heteroatoms. The fraction of sp³-hybridized carbons (Fsp3) is 0.500. The third kappa shape index (κ3) is 2.49. The van der Waals surface area contributed by atoms with E-state index >= 15 is 0 Å². The number of fused-ring (bicyclic) bond motifs is 3. The molecule has 1 aliphatic heterocycles. The van der Waals surface area contributed by atoms with Crippen LogP contribution < -0.4 is 5.56 Å². The smallest absolute Gasteiger partial charge is 0.262 e. The van der Waals surface area contributed by atoms with E-state index in [4.69, 9.17) is 0 Å².